The first kappa shape index (κ1) is 17.7. The highest BCUT2D eigenvalue weighted by Crippen LogP contribution is 2.20. The van der Waals surface area contributed by atoms with E-state index in [-0.39, 0.29) is 5.92 Å². The van der Waals surface area contributed by atoms with Crippen molar-refractivity contribution in [1.82, 2.24) is 4.31 Å². The number of nitrogens with two attached hydrogens (primary N) is 1. The van der Waals surface area contributed by atoms with Crippen molar-refractivity contribution in [3.63, 3.8) is 0 Å². The van der Waals surface area contributed by atoms with Gasteiger partial charge < -0.3 is 11.1 Å². The topological polar surface area (TPSA) is 87.8 Å². The maximum absolute atomic E-state index is 11.5. The van der Waals surface area contributed by atoms with Crippen molar-refractivity contribution < 1.29 is 8.42 Å². The summed E-state index contributed by atoms with van der Waals surface area (Å²) in [5.74, 6) is 1.05. The zero-order valence-electron chi connectivity index (χ0n) is 14.0. The predicted octanol–water partition coefficient (Wildman–Crippen LogP) is 1.82. The van der Waals surface area contributed by atoms with Crippen molar-refractivity contribution in [2.24, 2.45) is 16.6 Å². The first-order chi connectivity index (χ1) is 10.8. The van der Waals surface area contributed by atoms with Gasteiger partial charge in [0, 0.05) is 25.3 Å². The predicted molar refractivity (Wildman–Crippen MR) is 95.2 cm³/mol. The van der Waals surface area contributed by atoms with Crippen LogP contribution < -0.4 is 11.1 Å². The third-order valence-electron chi connectivity index (χ3n) is 4.06. The normalized spacial score (nSPS) is 20.2. The number of nitrogens with one attached hydrogen (secondary N) is 1. The Morgan fingerprint density at radius 3 is 2.83 bits per heavy atom. The number of benzene rings is 1. The fraction of sp³-hybridized carbons (Fsp3) is 0.562. The molecule has 2 rings (SSSR count). The van der Waals surface area contributed by atoms with Gasteiger partial charge in [-0.25, -0.2) is 12.7 Å². The minimum absolute atomic E-state index is 0.229. The molecule has 1 heterocycles. The van der Waals surface area contributed by atoms with E-state index >= 15 is 0 Å². The molecular weight excluding hydrogens is 312 g/mol. The van der Waals surface area contributed by atoms with Gasteiger partial charge in [0.25, 0.3) is 0 Å². The molecule has 7 heteroatoms. The molecule has 1 atom stereocenters. The average molecular weight is 338 g/mol. The van der Waals surface area contributed by atoms with Crippen LogP contribution in [0.1, 0.15) is 31.7 Å². The molecule has 0 bridgehead atoms. The molecule has 1 aliphatic rings. The van der Waals surface area contributed by atoms with E-state index in [2.05, 4.69) is 36.3 Å². The molecule has 1 unspecified atom stereocenters. The number of hydrogen-bond acceptors (Lipinski definition) is 3. The van der Waals surface area contributed by atoms with Crippen molar-refractivity contribution in [3.8, 4) is 0 Å². The Balaban J connectivity index is 1.90. The summed E-state index contributed by atoms with van der Waals surface area (Å²) in [7, 11) is -3.10. The smallest absolute Gasteiger partial charge is 0.211 e. The Labute approximate surface area is 138 Å². The summed E-state index contributed by atoms with van der Waals surface area (Å²) < 4.78 is 24.5. The highest BCUT2D eigenvalue weighted by molar-refractivity contribution is 7.88. The monoisotopic (exact) mass is 338 g/mol. The number of sulfonamides is 1. The largest absolute Gasteiger partial charge is 0.370 e. The molecule has 0 spiro atoms. The number of rotatable bonds is 5. The van der Waals surface area contributed by atoms with Crippen LogP contribution in [0, 0.1) is 5.92 Å². The second kappa shape index (κ2) is 7.31. The molecular formula is C16H26N4O2S. The van der Waals surface area contributed by atoms with Gasteiger partial charge in [-0.1, -0.05) is 26.0 Å². The molecule has 0 aromatic heterocycles. The molecule has 6 nitrogen and oxygen atoms in total. The number of anilines is 1. The fourth-order valence-electron chi connectivity index (χ4n) is 2.64. The van der Waals surface area contributed by atoms with E-state index in [1.54, 1.807) is 0 Å². The molecule has 128 valence electrons. The van der Waals surface area contributed by atoms with Crippen LogP contribution in [0.2, 0.25) is 0 Å². The van der Waals surface area contributed by atoms with Gasteiger partial charge in [-0.2, -0.15) is 0 Å². The minimum Gasteiger partial charge on any atom is -0.370 e. The van der Waals surface area contributed by atoms with Crippen LogP contribution in [0.5, 0.6) is 0 Å². The molecule has 1 aliphatic heterocycles. The number of hydrogen-bond donors (Lipinski definition) is 2. The summed E-state index contributed by atoms with van der Waals surface area (Å²) in [5, 5.41) is 3.10. The standard InChI is InChI=1S/C16H26N4O2S/c1-12(2)14-5-4-6-15(9-14)19-16(17)18-10-13-7-8-20(11-13)23(3,21)22/h4-6,9,12-13H,7-8,10-11H2,1-3H3,(H3,17,18,19). The Morgan fingerprint density at radius 1 is 1.48 bits per heavy atom. The molecule has 1 fully saturated rings. The van der Waals surface area contributed by atoms with Crippen molar-refractivity contribution in [1.29, 1.82) is 0 Å². The zero-order valence-corrected chi connectivity index (χ0v) is 14.8. The molecule has 1 aromatic carbocycles. The lowest BCUT2D eigenvalue weighted by atomic mass is 10.0. The summed E-state index contributed by atoms with van der Waals surface area (Å²) >= 11 is 0. The number of nitrogens with zero attached hydrogens (tertiary/aromatic N) is 2. The SMILES string of the molecule is CC(C)c1cccc(NC(N)=NCC2CCN(S(C)(=O)=O)C2)c1. The third kappa shape index (κ3) is 5.21. The van der Waals surface area contributed by atoms with Crippen LogP contribution in [-0.4, -0.2) is 44.6 Å². The van der Waals surface area contributed by atoms with Crippen LogP contribution in [0.4, 0.5) is 5.69 Å². The Morgan fingerprint density at radius 2 is 2.22 bits per heavy atom. The van der Waals surface area contributed by atoms with E-state index in [9.17, 15) is 8.42 Å². The quantitative estimate of drug-likeness (QED) is 0.633. The molecule has 0 aliphatic carbocycles. The van der Waals surface area contributed by atoms with Crippen molar-refractivity contribution in [2.45, 2.75) is 26.2 Å². The number of guanidine groups is 1. The maximum atomic E-state index is 11.5. The molecule has 1 saturated heterocycles. The lowest BCUT2D eigenvalue weighted by Gasteiger charge is -2.13. The van der Waals surface area contributed by atoms with Crippen LogP contribution in [0.15, 0.2) is 29.3 Å². The molecule has 23 heavy (non-hydrogen) atoms. The first-order valence-electron chi connectivity index (χ1n) is 7.87. The van der Waals surface area contributed by atoms with Crippen molar-refractivity contribution >= 4 is 21.7 Å². The van der Waals surface area contributed by atoms with Gasteiger partial charge in [0.15, 0.2) is 5.96 Å². The second-order valence-corrected chi connectivity index (χ2v) is 8.39. The van der Waals surface area contributed by atoms with Crippen molar-refractivity contribution in [3.05, 3.63) is 29.8 Å². The molecule has 0 amide bonds. The fourth-order valence-corrected chi connectivity index (χ4v) is 3.56. The van der Waals surface area contributed by atoms with Crippen LogP contribution in [-0.2, 0) is 10.0 Å². The summed E-state index contributed by atoms with van der Waals surface area (Å²) in [4.78, 5) is 4.35. The summed E-state index contributed by atoms with van der Waals surface area (Å²) in [5.41, 5.74) is 8.09. The average Bonchev–Trinajstić information content (AvgIpc) is 2.94. The summed E-state index contributed by atoms with van der Waals surface area (Å²) in [6.45, 7) is 5.92. The van der Waals surface area contributed by atoms with Gasteiger partial charge in [-0.15, -0.1) is 0 Å². The van der Waals surface area contributed by atoms with Crippen LogP contribution in [0.25, 0.3) is 0 Å². The summed E-state index contributed by atoms with van der Waals surface area (Å²) in [6.07, 6.45) is 2.07. The van der Waals surface area contributed by atoms with Gasteiger partial charge in [0.2, 0.25) is 10.0 Å². The first-order valence-corrected chi connectivity index (χ1v) is 9.72. The third-order valence-corrected chi connectivity index (χ3v) is 5.33. The highest BCUT2D eigenvalue weighted by Gasteiger charge is 2.28. The van der Waals surface area contributed by atoms with E-state index in [0.717, 1.165) is 12.1 Å². The van der Waals surface area contributed by atoms with Gasteiger partial charge in [-0.05, 0) is 36.0 Å². The van der Waals surface area contributed by atoms with Gasteiger partial charge in [0.05, 0.1) is 6.26 Å². The molecule has 0 radical (unpaired) electrons. The Bertz CT molecular complexity index is 670. The van der Waals surface area contributed by atoms with Crippen LogP contribution >= 0.6 is 0 Å². The Kier molecular flexibility index (Phi) is 5.64. The van der Waals surface area contributed by atoms with E-state index in [4.69, 9.17) is 5.73 Å². The van der Waals surface area contributed by atoms with Gasteiger partial charge in [0.1, 0.15) is 0 Å². The van der Waals surface area contributed by atoms with E-state index < -0.39 is 10.0 Å². The van der Waals surface area contributed by atoms with Crippen molar-refractivity contribution in [2.75, 3.05) is 31.2 Å². The lowest BCUT2D eigenvalue weighted by Crippen LogP contribution is -2.28. The summed E-state index contributed by atoms with van der Waals surface area (Å²) in [6, 6.07) is 8.09. The minimum atomic E-state index is -3.10. The second-order valence-electron chi connectivity index (χ2n) is 6.41. The maximum Gasteiger partial charge on any atom is 0.211 e. The van der Waals surface area contributed by atoms with E-state index in [0.29, 0.717) is 31.5 Å². The van der Waals surface area contributed by atoms with Gasteiger partial charge in [-0.3, -0.25) is 4.99 Å². The zero-order chi connectivity index (χ0) is 17.0. The van der Waals surface area contributed by atoms with Gasteiger partial charge >= 0.3 is 0 Å². The highest BCUT2D eigenvalue weighted by atomic mass is 32.2. The molecule has 3 N–H and O–H groups in total. The number of aliphatic imine (C=N–C) groups is 1. The van der Waals surface area contributed by atoms with E-state index in [1.807, 2.05) is 12.1 Å². The lowest BCUT2D eigenvalue weighted by molar-refractivity contribution is 0.464. The molecule has 0 saturated carbocycles. The Hall–Kier alpha value is -1.60. The van der Waals surface area contributed by atoms with Crippen LogP contribution in [0.3, 0.4) is 0 Å². The van der Waals surface area contributed by atoms with E-state index in [1.165, 1.54) is 16.1 Å². The molecule has 1 aromatic rings.